The minimum absolute atomic E-state index is 0.0287. The minimum atomic E-state index is -1.34. The Morgan fingerprint density at radius 3 is 2.45 bits per heavy atom. The summed E-state index contributed by atoms with van der Waals surface area (Å²) in [4.78, 5) is 60.5. The van der Waals surface area contributed by atoms with E-state index in [9.17, 15) is 24.0 Å². The number of thioether (sulfide) groups is 1. The molecule has 0 aliphatic carbocycles. The van der Waals surface area contributed by atoms with Gasteiger partial charge in [0, 0.05) is 42.8 Å². The van der Waals surface area contributed by atoms with Crippen molar-refractivity contribution in [3.8, 4) is 0 Å². The molecule has 2 N–H and O–H groups in total. The summed E-state index contributed by atoms with van der Waals surface area (Å²) in [6.07, 6.45) is 0.485. The van der Waals surface area contributed by atoms with E-state index in [2.05, 4.69) is 10.6 Å². The maximum atomic E-state index is 12.7. The molecule has 1 rings (SSSR count). The molecule has 12 heteroatoms. The Balaban J connectivity index is 2.82. The first kappa shape index (κ1) is 28.4. The molecule has 1 fully saturated rings. The van der Waals surface area contributed by atoms with Gasteiger partial charge >= 0.3 is 17.2 Å². The van der Waals surface area contributed by atoms with Crippen LogP contribution in [0.3, 0.4) is 0 Å². The van der Waals surface area contributed by atoms with E-state index in [0.717, 1.165) is 23.9 Å². The molecule has 2 amide bonds. The highest BCUT2D eigenvalue weighted by Crippen LogP contribution is 2.26. The van der Waals surface area contributed by atoms with Crippen LogP contribution in [0.1, 0.15) is 20.3 Å². The number of ether oxygens (including phenoxy) is 3. The van der Waals surface area contributed by atoms with E-state index in [1.54, 1.807) is 13.8 Å². The third-order valence-corrected chi connectivity index (χ3v) is 5.16. The van der Waals surface area contributed by atoms with Crippen molar-refractivity contribution >= 4 is 40.8 Å². The predicted molar refractivity (Wildman–Crippen MR) is 121 cm³/mol. The second-order valence-electron chi connectivity index (χ2n) is 9.10. The normalized spacial score (nSPS) is 20.8. The number of nitrogens with one attached hydrogen (secondary N) is 2. The maximum absolute atomic E-state index is 12.7. The van der Waals surface area contributed by atoms with Gasteiger partial charge in [-0.3, -0.25) is 9.59 Å². The van der Waals surface area contributed by atoms with Crippen molar-refractivity contribution in [3.63, 3.8) is 0 Å². The number of hydrogen-bond donors (Lipinski definition) is 2. The van der Waals surface area contributed by atoms with Crippen LogP contribution in [0.15, 0.2) is 12.2 Å². The number of amides is 2. The van der Waals surface area contributed by atoms with Gasteiger partial charge < -0.3 is 29.3 Å². The van der Waals surface area contributed by atoms with Gasteiger partial charge in [-0.2, -0.15) is 0 Å². The zero-order valence-electron chi connectivity index (χ0n) is 19.8. The molecule has 11 nitrogen and oxygen atoms in total. The summed E-state index contributed by atoms with van der Waals surface area (Å²) < 4.78 is 16.1. The summed E-state index contributed by atoms with van der Waals surface area (Å²) in [5, 5.41) is 4.61. The van der Waals surface area contributed by atoms with Crippen LogP contribution >= 0.6 is 11.8 Å². The Hall–Kier alpha value is -2.60. The number of hydrogen-bond acceptors (Lipinski definition) is 9. The fraction of sp³-hybridized carbons (Fsp3) is 0.667. The molecule has 0 radical (unpaired) electrons. The molecule has 1 atom stereocenters. The van der Waals surface area contributed by atoms with Gasteiger partial charge in [-0.15, -0.1) is 0 Å². The Morgan fingerprint density at radius 2 is 1.79 bits per heavy atom. The lowest BCUT2D eigenvalue weighted by Gasteiger charge is -2.32. The van der Waals surface area contributed by atoms with E-state index in [0.29, 0.717) is 23.3 Å². The molecular formula is C21H34N3O8S+. The first-order valence-corrected chi connectivity index (χ1v) is 11.5. The summed E-state index contributed by atoms with van der Waals surface area (Å²) in [5.74, 6) is -2.26. The number of cyclic esters (lactones) is 1. The average molecular weight is 489 g/mol. The van der Waals surface area contributed by atoms with Gasteiger partial charge in [0.15, 0.2) is 6.10 Å². The summed E-state index contributed by atoms with van der Waals surface area (Å²) in [7, 11) is 5.84. The molecular weight excluding hydrogens is 454 g/mol. The number of rotatable bonds is 6. The van der Waals surface area contributed by atoms with E-state index >= 15 is 0 Å². The van der Waals surface area contributed by atoms with Gasteiger partial charge in [-0.05, 0) is 11.8 Å². The minimum Gasteiger partial charge on any atom is -0.457 e. The maximum Gasteiger partial charge on any atom is 0.367 e. The van der Waals surface area contributed by atoms with Crippen LogP contribution in [0.5, 0.6) is 0 Å². The van der Waals surface area contributed by atoms with Crippen molar-refractivity contribution in [1.29, 1.82) is 0 Å². The van der Waals surface area contributed by atoms with Gasteiger partial charge in [0.2, 0.25) is 5.91 Å². The quantitative estimate of drug-likeness (QED) is 0.233. The SMILES string of the molecule is CC1(C)COC(=O)SCCNC(=O)CCNC(=O)[C@@H]1OC(=O)/C=C/C(=O)OCC[N+](C)(C)C. The third-order valence-electron chi connectivity index (χ3n) is 4.40. The van der Waals surface area contributed by atoms with E-state index in [1.165, 1.54) is 0 Å². The average Bonchev–Trinajstić information content (AvgIpc) is 2.70. The Kier molecular flexibility index (Phi) is 11.4. The van der Waals surface area contributed by atoms with Crippen LogP contribution in [0.25, 0.3) is 0 Å². The summed E-state index contributed by atoms with van der Waals surface area (Å²) in [5.41, 5.74) is -1.08. The van der Waals surface area contributed by atoms with Crippen LogP contribution < -0.4 is 10.6 Å². The van der Waals surface area contributed by atoms with Crippen molar-refractivity contribution in [3.05, 3.63) is 12.2 Å². The fourth-order valence-electron chi connectivity index (χ4n) is 2.50. The van der Waals surface area contributed by atoms with Crippen molar-refractivity contribution in [2.75, 3.05) is 59.7 Å². The molecule has 0 aromatic carbocycles. The number of carbonyl (C=O) groups excluding carboxylic acids is 5. The first-order valence-electron chi connectivity index (χ1n) is 10.5. The van der Waals surface area contributed by atoms with Crippen molar-refractivity contribution < 1.29 is 42.7 Å². The molecule has 0 aromatic rings. The largest absolute Gasteiger partial charge is 0.457 e. The number of likely N-dealkylation sites (N-methyl/N-ethyl adjacent to an activating group) is 1. The lowest BCUT2D eigenvalue weighted by atomic mass is 9.86. The highest BCUT2D eigenvalue weighted by molar-refractivity contribution is 8.13. The highest BCUT2D eigenvalue weighted by Gasteiger charge is 2.39. The molecule has 1 aliphatic heterocycles. The smallest absolute Gasteiger partial charge is 0.367 e. The van der Waals surface area contributed by atoms with Crippen LogP contribution in [0.4, 0.5) is 4.79 Å². The molecule has 33 heavy (non-hydrogen) atoms. The lowest BCUT2D eigenvalue weighted by Crippen LogP contribution is -2.49. The second-order valence-corrected chi connectivity index (χ2v) is 10.1. The highest BCUT2D eigenvalue weighted by atomic mass is 32.2. The van der Waals surface area contributed by atoms with Crippen molar-refractivity contribution in [1.82, 2.24) is 10.6 Å². The lowest BCUT2D eigenvalue weighted by molar-refractivity contribution is -0.870. The van der Waals surface area contributed by atoms with Gasteiger partial charge in [0.25, 0.3) is 5.91 Å². The standard InChI is InChI=1S/C21H33N3O8S/c1-21(2)14-31-20(29)33-13-10-22-15(25)8-9-23-19(28)18(21)32-17(27)7-6-16(26)30-12-11-24(3,4)5/h6-7,18H,8-14H2,1-5H3,(H-,22,23,25,28)/p+1/b7-6+/t18-/m0/s1. The summed E-state index contributed by atoms with van der Waals surface area (Å²) >= 11 is 0.893. The summed E-state index contributed by atoms with van der Waals surface area (Å²) in [6, 6.07) is 0. The van der Waals surface area contributed by atoms with Crippen LogP contribution in [0.2, 0.25) is 0 Å². The number of esters is 2. The monoisotopic (exact) mass is 488 g/mol. The van der Waals surface area contributed by atoms with Gasteiger partial charge in [0.05, 0.1) is 21.1 Å². The Morgan fingerprint density at radius 1 is 1.12 bits per heavy atom. The molecule has 0 saturated carbocycles. The van der Waals surface area contributed by atoms with E-state index in [-0.39, 0.29) is 32.1 Å². The van der Waals surface area contributed by atoms with E-state index in [1.807, 2.05) is 21.1 Å². The van der Waals surface area contributed by atoms with E-state index in [4.69, 9.17) is 14.2 Å². The summed E-state index contributed by atoms with van der Waals surface area (Å²) in [6.45, 7) is 4.11. The molecule has 1 aliphatic rings. The molecule has 0 aromatic heterocycles. The number of nitrogens with zero attached hydrogens (tertiary/aromatic N) is 1. The molecule has 0 unspecified atom stereocenters. The number of carbonyl (C=O) groups is 5. The van der Waals surface area contributed by atoms with Crippen LogP contribution in [0, 0.1) is 5.41 Å². The molecule has 186 valence electrons. The first-order chi connectivity index (χ1) is 15.3. The van der Waals surface area contributed by atoms with Crippen LogP contribution in [-0.4, -0.2) is 99.4 Å². The predicted octanol–water partition coefficient (Wildman–Crippen LogP) is 0.236. The topological polar surface area (TPSA) is 137 Å². The van der Waals surface area contributed by atoms with Gasteiger partial charge in [-0.1, -0.05) is 13.8 Å². The zero-order chi connectivity index (χ0) is 25.1. The Labute approximate surface area is 198 Å². The number of quaternary nitrogens is 1. The van der Waals surface area contributed by atoms with Crippen molar-refractivity contribution in [2.24, 2.45) is 5.41 Å². The van der Waals surface area contributed by atoms with Gasteiger partial charge in [-0.25, -0.2) is 14.4 Å². The fourth-order valence-corrected chi connectivity index (χ4v) is 3.01. The van der Waals surface area contributed by atoms with Gasteiger partial charge in [0.1, 0.15) is 19.8 Å². The molecule has 1 heterocycles. The van der Waals surface area contributed by atoms with Crippen LogP contribution in [-0.2, 0) is 33.4 Å². The third kappa shape index (κ3) is 12.3. The van der Waals surface area contributed by atoms with Crippen molar-refractivity contribution in [2.45, 2.75) is 26.4 Å². The van der Waals surface area contributed by atoms with E-state index < -0.39 is 34.7 Å². The molecule has 1 saturated heterocycles. The molecule has 0 bridgehead atoms. The zero-order valence-corrected chi connectivity index (χ0v) is 20.6. The molecule has 0 spiro atoms. The second kappa shape index (κ2) is 13.2. The Bertz CT molecular complexity index is 761.